The lowest BCUT2D eigenvalue weighted by molar-refractivity contribution is -0.274. The number of aromatic amines is 1. The Bertz CT molecular complexity index is 632. The van der Waals surface area contributed by atoms with Crippen molar-refractivity contribution in [1.82, 2.24) is 4.98 Å². The van der Waals surface area contributed by atoms with Crippen molar-refractivity contribution in [1.29, 1.82) is 0 Å². The van der Waals surface area contributed by atoms with Crippen LogP contribution in [-0.4, -0.2) is 16.3 Å². The van der Waals surface area contributed by atoms with E-state index in [1.165, 1.54) is 12.3 Å². The summed E-state index contributed by atoms with van der Waals surface area (Å²) in [6, 6.07) is 4.64. The first-order valence-corrected chi connectivity index (χ1v) is 6.28. The molecule has 1 aliphatic rings. The Kier molecular flexibility index (Phi) is 2.63. The highest BCUT2D eigenvalue weighted by Crippen LogP contribution is 2.55. The number of fused-ring (bicyclic) bond motifs is 1. The summed E-state index contributed by atoms with van der Waals surface area (Å²) in [5, 5.41) is 10.9. The molecule has 2 aromatic rings. The number of aliphatic hydroxyl groups is 1. The topological polar surface area (TPSA) is 36.0 Å². The molecule has 0 aliphatic heterocycles. The van der Waals surface area contributed by atoms with Gasteiger partial charge >= 0.3 is 6.18 Å². The van der Waals surface area contributed by atoms with Gasteiger partial charge in [-0.05, 0) is 31.0 Å². The molecule has 19 heavy (non-hydrogen) atoms. The average molecular weight is 290 g/mol. The predicted molar refractivity (Wildman–Crippen MR) is 66.0 cm³/mol. The molecule has 6 heteroatoms. The van der Waals surface area contributed by atoms with Crippen molar-refractivity contribution < 1.29 is 18.3 Å². The maximum absolute atomic E-state index is 13.3. The van der Waals surface area contributed by atoms with E-state index in [0.717, 1.165) is 0 Å². The third-order valence-corrected chi connectivity index (χ3v) is 3.89. The summed E-state index contributed by atoms with van der Waals surface area (Å²) in [7, 11) is 0. The zero-order valence-electron chi connectivity index (χ0n) is 9.76. The van der Waals surface area contributed by atoms with Gasteiger partial charge in [-0.25, -0.2) is 0 Å². The smallest absolute Gasteiger partial charge is 0.376 e. The molecule has 0 amide bonds. The summed E-state index contributed by atoms with van der Waals surface area (Å²) in [6.07, 6.45) is -2.72. The fourth-order valence-corrected chi connectivity index (χ4v) is 2.69. The van der Waals surface area contributed by atoms with Crippen LogP contribution in [0.5, 0.6) is 0 Å². The average Bonchev–Trinajstić information content (AvgIpc) is 3.08. The van der Waals surface area contributed by atoms with Crippen LogP contribution in [0.25, 0.3) is 10.9 Å². The number of hydrogen-bond acceptors (Lipinski definition) is 1. The van der Waals surface area contributed by atoms with E-state index in [1.54, 1.807) is 12.1 Å². The molecular formula is C13H11ClF3NO. The molecule has 3 rings (SSSR count). The zero-order valence-corrected chi connectivity index (χ0v) is 10.5. The standard InChI is InChI=1S/C13H11ClF3NO/c14-8-3-4-11-9(5-8)10(6-18-11)12(19,7-1-2-7)13(15,16)17/h3-7,18-19H,1-2H2. The van der Waals surface area contributed by atoms with Gasteiger partial charge in [0.25, 0.3) is 0 Å². The summed E-state index contributed by atoms with van der Waals surface area (Å²) in [6.45, 7) is 0. The normalized spacial score (nSPS) is 19.6. The van der Waals surface area contributed by atoms with Crippen LogP contribution < -0.4 is 0 Å². The molecule has 1 aromatic carbocycles. The monoisotopic (exact) mass is 289 g/mol. The lowest BCUT2D eigenvalue weighted by atomic mass is 9.88. The van der Waals surface area contributed by atoms with E-state index in [1.807, 2.05) is 0 Å². The van der Waals surface area contributed by atoms with Gasteiger partial charge in [0.2, 0.25) is 0 Å². The Morgan fingerprint density at radius 1 is 1.26 bits per heavy atom. The fourth-order valence-electron chi connectivity index (χ4n) is 2.51. The van der Waals surface area contributed by atoms with Crippen molar-refractivity contribution in [2.24, 2.45) is 5.92 Å². The van der Waals surface area contributed by atoms with Gasteiger partial charge in [-0.2, -0.15) is 13.2 Å². The van der Waals surface area contributed by atoms with Gasteiger partial charge in [0.1, 0.15) is 0 Å². The molecule has 1 fully saturated rings. The van der Waals surface area contributed by atoms with Gasteiger partial charge in [0, 0.05) is 33.6 Å². The third kappa shape index (κ3) is 1.83. The van der Waals surface area contributed by atoms with E-state index in [0.29, 0.717) is 28.8 Å². The van der Waals surface area contributed by atoms with Crippen LogP contribution in [0.4, 0.5) is 13.2 Å². The van der Waals surface area contributed by atoms with Gasteiger partial charge in [-0.1, -0.05) is 11.6 Å². The first-order valence-electron chi connectivity index (χ1n) is 5.90. The number of nitrogens with one attached hydrogen (secondary N) is 1. The maximum atomic E-state index is 13.3. The molecule has 0 spiro atoms. The van der Waals surface area contributed by atoms with Crippen molar-refractivity contribution in [3.63, 3.8) is 0 Å². The van der Waals surface area contributed by atoms with E-state index in [2.05, 4.69) is 4.98 Å². The molecule has 0 saturated heterocycles. The van der Waals surface area contributed by atoms with Crippen LogP contribution in [0, 0.1) is 5.92 Å². The van der Waals surface area contributed by atoms with Crippen LogP contribution in [0.1, 0.15) is 18.4 Å². The maximum Gasteiger partial charge on any atom is 0.421 e. The van der Waals surface area contributed by atoms with E-state index < -0.39 is 17.7 Å². The minimum absolute atomic E-state index is 0.139. The predicted octanol–water partition coefficient (Wildman–Crippen LogP) is 3.98. The number of hydrogen-bond donors (Lipinski definition) is 2. The largest absolute Gasteiger partial charge is 0.421 e. The molecule has 1 heterocycles. The first kappa shape index (κ1) is 12.8. The molecule has 102 valence electrons. The van der Waals surface area contributed by atoms with Crippen molar-refractivity contribution in [3.8, 4) is 0 Å². The molecule has 1 unspecified atom stereocenters. The van der Waals surface area contributed by atoms with Crippen LogP contribution in [0.15, 0.2) is 24.4 Å². The van der Waals surface area contributed by atoms with E-state index in [4.69, 9.17) is 11.6 Å². The molecule has 2 nitrogen and oxygen atoms in total. The second-order valence-electron chi connectivity index (χ2n) is 4.93. The highest BCUT2D eigenvalue weighted by Gasteiger charge is 2.63. The first-order chi connectivity index (χ1) is 8.84. The van der Waals surface area contributed by atoms with Crippen molar-refractivity contribution in [2.75, 3.05) is 0 Å². The minimum atomic E-state index is -4.70. The molecule has 0 bridgehead atoms. The Hall–Kier alpha value is -1.20. The molecule has 1 aliphatic carbocycles. The molecular weight excluding hydrogens is 279 g/mol. The van der Waals surface area contributed by atoms with E-state index >= 15 is 0 Å². The molecule has 1 saturated carbocycles. The number of alkyl halides is 3. The third-order valence-electron chi connectivity index (χ3n) is 3.65. The van der Waals surface area contributed by atoms with Gasteiger partial charge in [-0.3, -0.25) is 0 Å². The van der Waals surface area contributed by atoms with Crippen LogP contribution >= 0.6 is 11.6 Å². The Labute approximate surface area is 112 Å². The molecule has 1 atom stereocenters. The number of aromatic nitrogens is 1. The van der Waals surface area contributed by atoms with Crippen LogP contribution in [0.3, 0.4) is 0 Å². The second kappa shape index (κ2) is 3.90. The molecule has 0 radical (unpaired) electrons. The van der Waals surface area contributed by atoms with Crippen LogP contribution in [0.2, 0.25) is 5.02 Å². The minimum Gasteiger partial charge on any atom is -0.376 e. The number of halogens is 4. The van der Waals surface area contributed by atoms with Crippen molar-refractivity contribution in [2.45, 2.75) is 24.6 Å². The number of H-pyrrole nitrogens is 1. The second-order valence-corrected chi connectivity index (χ2v) is 5.37. The molecule has 2 N–H and O–H groups in total. The fraction of sp³-hybridized carbons (Fsp3) is 0.385. The highest BCUT2D eigenvalue weighted by molar-refractivity contribution is 6.31. The summed E-state index contributed by atoms with van der Waals surface area (Å²) in [5.41, 5.74) is -2.40. The number of benzene rings is 1. The lowest BCUT2D eigenvalue weighted by Crippen LogP contribution is -2.44. The molecule has 1 aromatic heterocycles. The number of rotatable bonds is 2. The van der Waals surface area contributed by atoms with Gasteiger partial charge in [0.15, 0.2) is 5.60 Å². The summed E-state index contributed by atoms with van der Waals surface area (Å²) in [5.74, 6) is -0.773. The lowest BCUT2D eigenvalue weighted by Gasteiger charge is -2.30. The quantitative estimate of drug-likeness (QED) is 0.862. The highest BCUT2D eigenvalue weighted by atomic mass is 35.5. The van der Waals surface area contributed by atoms with E-state index in [9.17, 15) is 18.3 Å². The van der Waals surface area contributed by atoms with Gasteiger partial charge in [-0.15, -0.1) is 0 Å². The van der Waals surface area contributed by atoms with Gasteiger partial charge in [0.05, 0.1) is 0 Å². The Morgan fingerprint density at radius 2 is 1.95 bits per heavy atom. The Morgan fingerprint density at radius 3 is 2.53 bits per heavy atom. The van der Waals surface area contributed by atoms with E-state index in [-0.39, 0.29) is 5.56 Å². The summed E-state index contributed by atoms with van der Waals surface area (Å²) >= 11 is 5.83. The summed E-state index contributed by atoms with van der Waals surface area (Å²) < 4.78 is 39.9. The summed E-state index contributed by atoms with van der Waals surface area (Å²) in [4.78, 5) is 2.76. The SMILES string of the molecule is OC(c1c[nH]c2ccc(Cl)cc12)(C1CC1)C(F)(F)F. The van der Waals surface area contributed by atoms with Gasteiger partial charge < -0.3 is 10.1 Å². The Balaban J connectivity index is 2.24. The van der Waals surface area contributed by atoms with Crippen LogP contribution in [-0.2, 0) is 5.60 Å². The van der Waals surface area contributed by atoms with Crippen molar-refractivity contribution >= 4 is 22.5 Å². The van der Waals surface area contributed by atoms with Crippen molar-refractivity contribution in [3.05, 3.63) is 35.0 Å². The zero-order chi connectivity index (χ0) is 13.8.